The fraction of sp³-hybridized carbons (Fsp3) is 0.692. The zero-order valence-corrected chi connectivity index (χ0v) is 43.0. The maximum absolute atomic E-state index is 5.47. The third-order valence-corrected chi connectivity index (χ3v) is 14.6. The van der Waals surface area contributed by atoms with Crippen molar-refractivity contribution in [3.05, 3.63) is 94.1 Å². The average molecular weight is 853 g/mol. The molecule has 8 nitrogen and oxygen atoms in total. The first-order valence-corrected chi connectivity index (χ1v) is 24.2. The van der Waals surface area contributed by atoms with Crippen molar-refractivity contribution in [2.24, 2.45) is 0 Å². The smallest absolute Gasteiger partial charge is 0.663 e. The molecule has 0 N–H and O–H groups in total. The van der Waals surface area contributed by atoms with Gasteiger partial charge in [-0.15, -0.1) is 0 Å². The topological polar surface area (TPSA) is 93.3 Å². The summed E-state index contributed by atoms with van der Waals surface area (Å²) >= 11 is 0. The molecule has 0 radical (unpaired) electrons. The second-order valence-corrected chi connectivity index (χ2v) is 17.3. The molecular formula is C52H80Li4N4O4. The molecule has 336 valence electrons. The summed E-state index contributed by atoms with van der Waals surface area (Å²) in [5.41, 5.74) is 8.28. The van der Waals surface area contributed by atoms with Crippen molar-refractivity contribution >= 4 is 0 Å². The Labute approximate surface area is 437 Å². The molecule has 4 saturated heterocycles. The molecule has 4 fully saturated rings. The van der Waals surface area contributed by atoms with Crippen molar-refractivity contribution in [3.8, 4) is 0 Å². The number of fused-ring (bicyclic) bond motifs is 8. The summed E-state index contributed by atoms with van der Waals surface area (Å²) in [6.07, 6.45) is 17.9. The van der Waals surface area contributed by atoms with Crippen LogP contribution in [0.4, 0.5) is 0 Å². The van der Waals surface area contributed by atoms with Gasteiger partial charge in [-0.2, -0.15) is 45.6 Å². The Morgan fingerprint density at radius 3 is 0.484 bits per heavy atom. The SMILES string of the molecule is C1CCOC1.C1CCOC1.C1CCOC1.C1CCOC1.CCC1(CC)c2ccc([n-]2)C(CC)(CC)c2ccc([n-]2)C(CC)(CC)c2ccc([n-]2)C(CC)(CC)c2ccc1[n-]2.[Li+].[Li+].[Li+].[Li+]. The van der Waals surface area contributed by atoms with E-state index in [0.717, 1.165) is 150 Å². The van der Waals surface area contributed by atoms with Crippen molar-refractivity contribution in [2.75, 3.05) is 52.9 Å². The predicted octanol–water partition coefficient (Wildman–Crippen LogP) is -0.544. The molecule has 9 heterocycles. The van der Waals surface area contributed by atoms with E-state index in [2.05, 4.69) is 104 Å². The minimum atomic E-state index is -0.219. The van der Waals surface area contributed by atoms with Gasteiger partial charge in [0.1, 0.15) is 0 Å². The van der Waals surface area contributed by atoms with Crippen LogP contribution in [0, 0.1) is 0 Å². The van der Waals surface area contributed by atoms with Gasteiger partial charge in [0.15, 0.2) is 0 Å². The first-order valence-electron chi connectivity index (χ1n) is 24.2. The van der Waals surface area contributed by atoms with E-state index in [-0.39, 0.29) is 97.1 Å². The number of aromatic nitrogens is 4. The Balaban J connectivity index is 0.000000695. The molecular weight excluding hydrogens is 772 g/mol. The van der Waals surface area contributed by atoms with Crippen LogP contribution in [0.25, 0.3) is 0 Å². The van der Waals surface area contributed by atoms with Gasteiger partial charge in [0.05, 0.1) is 0 Å². The van der Waals surface area contributed by atoms with E-state index in [9.17, 15) is 0 Å². The molecule has 12 heteroatoms. The van der Waals surface area contributed by atoms with Crippen LogP contribution in [0.15, 0.2) is 48.5 Å². The number of hydrogen-bond acceptors (Lipinski definition) is 4. The summed E-state index contributed by atoms with van der Waals surface area (Å²) in [7, 11) is 0. The number of nitrogens with zero attached hydrogens (tertiary/aromatic N) is 4. The quantitative estimate of drug-likeness (QED) is 0.219. The summed E-state index contributed by atoms with van der Waals surface area (Å²) < 4.78 is 19.8. The Morgan fingerprint density at radius 2 is 0.406 bits per heavy atom. The standard InChI is InChI=1S/C36H48N4.4C4H8O.4Li/c1-9-33(10-2)25-17-19-27(37-25)34(11-3,12-4)29-21-23-31(39-29)36(15-7,16-8)32-24-22-30(40-32)35(13-5,14-6)28-20-18-26(33)38-28;4*1-2-4-5-3-1;;;;/h17-24H,9-16H2,1-8H3;4*1-4H2;;;;/q-4;;;;;4*+1. The second-order valence-electron chi connectivity index (χ2n) is 17.3. The Morgan fingerprint density at radius 1 is 0.281 bits per heavy atom. The van der Waals surface area contributed by atoms with E-state index in [1.165, 1.54) is 51.4 Å². The molecule has 0 amide bonds. The summed E-state index contributed by atoms with van der Waals surface area (Å²) in [5, 5.41) is 0. The van der Waals surface area contributed by atoms with Gasteiger partial charge in [0, 0.05) is 52.9 Å². The maximum Gasteiger partial charge on any atom is 1.00 e. The molecule has 4 aromatic rings. The maximum atomic E-state index is 5.47. The first kappa shape index (κ1) is 61.4. The minimum Gasteiger partial charge on any atom is -0.663 e. The molecule has 5 aliphatic rings. The molecule has 9 rings (SSSR count). The molecule has 5 aliphatic heterocycles. The minimum absolute atomic E-state index is 0. The van der Waals surface area contributed by atoms with Crippen LogP contribution in [0.2, 0.25) is 0 Å². The van der Waals surface area contributed by atoms with Crippen LogP contribution in [0.3, 0.4) is 0 Å². The van der Waals surface area contributed by atoms with Crippen LogP contribution in [-0.4, -0.2) is 52.9 Å². The fourth-order valence-electron chi connectivity index (χ4n) is 10.0. The zero-order chi connectivity index (χ0) is 42.9. The Hall–Kier alpha value is -0.650. The zero-order valence-electron chi connectivity index (χ0n) is 43.0. The molecule has 0 aromatic carbocycles. The van der Waals surface area contributed by atoms with Gasteiger partial charge in [-0.1, -0.05) is 104 Å². The molecule has 4 aromatic heterocycles. The van der Waals surface area contributed by atoms with Gasteiger partial charge in [-0.3, -0.25) is 0 Å². The number of rotatable bonds is 8. The third kappa shape index (κ3) is 13.8. The first-order chi connectivity index (χ1) is 29.3. The number of hydrogen-bond donors (Lipinski definition) is 0. The molecule has 0 unspecified atom stereocenters. The monoisotopic (exact) mass is 853 g/mol. The molecule has 0 spiro atoms. The van der Waals surface area contributed by atoms with Gasteiger partial charge in [-0.25, -0.2) is 0 Å². The van der Waals surface area contributed by atoms with E-state index in [1.54, 1.807) is 0 Å². The predicted molar refractivity (Wildman–Crippen MR) is 245 cm³/mol. The fourth-order valence-corrected chi connectivity index (χ4v) is 10.0. The van der Waals surface area contributed by atoms with Crippen molar-refractivity contribution in [3.63, 3.8) is 0 Å². The van der Waals surface area contributed by atoms with Gasteiger partial charge < -0.3 is 38.9 Å². The average Bonchev–Trinajstić information content (AvgIpc) is 4.15. The van der Waals surface area contributed by atoms with Crippen molar-refractivity contribution in [1.82, 2.24) is 19.9 Å². The van der Waals surface area contributed by atoms with Gasteiger partial charge in [-0.05, 0) is 124 Å². The Kier molecular flexibility index (Phi) is 29.5. The third-order valence-electron chi connectivity index (χ3n) is 14.6. The van der Waals surface area contributed by atoms with Crippen molar-refractivity contribution in [2.45, 2.75) is 180 Å². The summed E-state index contributed by atoms with van der Waals surface area (Å²) in [5.74, 6) is 0. The van der Waals surface area contributed by atoms with Crippen LogP contribution in [0.5, 0.6) is 0 Å². The van der Waals surface area contributed by atoms with E-state index in [4.69, 9.17) is 38.9 Å². The van der Waals surface area contributed by atoms with E-state index < -0.39 is 0 Å². The van der Waals surface area contributed by atoms with Crippen molar-refractivity contribution < 1.29 is 94.4 Å². The van der Waals surface area contributed by atoms with Gasteiger partial charge >= 0.3 is 75.4 Å². The van der Waals surface area contributed by atoms with E-state index in [0.29, 0.717) is 0 Å². The van der Waals surface area contributed by atoms with Crippen LogP contribution < -0.4 is 95.4 Å². The van der Waals surface area contributed by atoms with Crippen LogP contribution in [0.1, 0.15) is 204 Å². The molecule has 0 atom stereocenters. The molecule has 0 saturated carbocycles. The van der Waals surface area contributed by atoms with Crippen LogP contribution >= 0.6 is 0 Å². The summed E-state index contributed by atoms with van der Waals surface area (Å²) in [6, 6.07) is 18.2. The largest absolute Gasteiger partial charge is 1.00 e. The normalized spacial score (nSPS) is 19.1. The van der Waals surface area contributed by atoms with Gasteiger partial charge in [0.25, 0.3) is 0 Å². The van der Waals surface area contributed by atoms with Crippen molar-refractivity contribution in [1.29, 1.82) is 0 Å². The Bertz CT molecular complexity index is 1400. The summed E-state index contributed by atoms with van der Waals surface area (Å²) in [4.78, 5) is 21.9. The molecule has 0 aliphatic carbocycles. The van der Waals surface area contributed by atoms with Crippen LogP contribution in [-0.2, 0) is 40.6 Å². The molecule has 8 bridgehead atoms. The van der Waals surface area contributed by atoms with Gasteiger partial charge in [0.2, 0.25) is 0 Å². The number of ether oxygens (including phenoxy) is 4. The van der Waals surface area contributed by atoms with E-state index in [1.807, 2.05) is 0 Å². The summed E-state index contributed by atoms with van der Waals surface area (Å²) in [6.45, 7) is 26.3. The molecule has 64 heavy (non-hydrogen) atoms. The second kappa shape index (κ2) is 30.8. The van der Waals surface area contributed by atoms with E-state index >= 15 is 0 Å².